The second-order valence-corrected chi connectivity index (χ2v) is 4.86. The molecule has 0 aliphatic rings. The van der Waals surface area contributed by atoms with Gasteiger partial charge in [0.15, 0.2) is 0 Å². The Hall–Kier alpha value is -1.33. The number of ether oxygens (including phenoxy) is 1. The molecule has 96 valence electrons. The third-order valence-electron chi connectivity index (χ3n) is 2.90. The van der Waals surface area contributed by atoms with Crippen molar-refractivity contribution in [2.24, 2.45) is 12.8 Å². The van der Waals surface area contributed by atoms with Gasteiger partial charge >= 0.3 is 0 Å². The van der Waals surface area contributed by atoms with E-state index in [0.29, 0.717) is 6.54 Å². The van der Waals surface area contributed by atoms with Crippen molar-refractivity contribution in [1.82, 2.24) is 9.55 Å². The van der Waals surface area contributed by atoms with Crippen LogP contribution in [-0.4, -0.2) is 23.2 Å². The highest BCUT2D eigenvalue weighted by molar-refractivity contribution is 9.10. The molecule has 4 nitrogen and oxygen atoms in total. The first-order chi connectivity index (χ1) is 8.67. The number of aromatic nitrogens is 2. The van der Waals surface area contributed by atoms with Crippen LogP contribution in [0.25, 0.3) is 11.3 Å². The zero-order chi connectivity index (χ0) is 13.1. The van der Waals surface area contributed by atoms with Gasteiger partial charge in [0, 0.05) is 19.0 Å². The molecule has 5 heteroatoms. The van der Waals surface area contributed by atoms with Crippen molar-refractivity contribution in [3.63, 3.8) is 0 Å². The molecule has 1 aromatic carbocycles. The van der Waals surface area contributed by atoms with Crippen LogP contribution in [0.15, 0.2) is 28.9 Å². The summed E-state index contributed by atoms with van der Waals surface area (Å²) in [5.41, 5.74) is 7.73. The number of nitrogens with zero attached hydrogens (tertiary/aromatic N) is 2. The van der Waals surface area contributed by atoms with Crippen molar-refractivity contribution in [2.45, 2.75) is 6.42 Å². The monoisotopic (exact) mass is 309 g/mol. The standard InChI is InChI=1S/C13H16BrN3O/c1-17-11(8-16-13(17)5-6-15)9-3-4-12(18-2)10(14)7-9/h3-4,7-8H,5-6,15H2,1-2H3. The summed E-state index contributed by atoms with van der Waals surface area (Å²) in [7, 11) is 3.66. The van der Waals surface area contributed by atoms with Crippen LogP contribution >= 0.6 is 15.9 Å². The Kier molecular flexibility index (Phi) is 4.04. The number of hydrogen-bond donors (Lipinski definition) is 1. The summed E-state index contributed by atoms with van der Waals surface area (Å²) < 4.78 is 8.23. The molecule has 1 heterocycles. The summed E-state index contributed by atoms with van der Waals surface area (Å²) in [6.45, 7) is 0.608. The lowest BCUT2D eigenvalue weighted by atomic mass is 10.1. The van der Waals surface area contributed by atoms with Crippen molar-refractivity contribution in [3.05, 3.63) is 34.7 Å². The molecular formula is C13H16BrN3O. The molecule has 0 radical (unpaired) electrons. The third kappa shape index (κ3) is 2.42. The molecule has 1 aromatic heterocycles. The molecule has 18 heavy (non-hydrogen) atoms. The van der Waals surface area contributed by atoms with Crippen LogP contribution in [0.4, 0.5) is 0 Å². The van der Waals surface area contributed by atoms with Crippen LogP contribution in [0, 0.1) is 0 Å². The van der Waals surface area contributed by atoms with Gasteiger partial charge in [-0.25, -0.2) is 4.98 Å². The quantitative estimate of drug-likeness (QED) is 0.943. The van der Waals surface area contributed by atoms with Gasteiger partial charge in [-0.1, -0.05) is 0 Å². The zero-order valence-electron chi connectivity index (χ0n) is 10.5. The van der Waals surface area contributed by atoms with Crippen molar-refractivity contribution < 1.29 is 4.74 Å². The smallest absolute Gasteiger partial charge is 0.133 e. The topological polar surface area (TPSA) is 53.1 Å². The van der Waals surface area contributed by atoms with Crippen LogP contribution in [0.2, 0.25) is 0 Å². The van der Waals surface area contributed by atoms with Gasteiger partial charge in [-0.3, -0.25) is 0 Å². The maximum absolute atomic E-state index is 5.56. The van der Waals surface area contributed by atoms with E-state index in [2.05, 4.69) is 25.5 Å². The summed E-state index contributed by atoms with van der Waals surface area (Å²) in [6.07, 6.45) is 2.66. The molecule has 2 N–H and O–H groups in total. The van der Waals surface area contributed by atoms with Gasteiger partial charge in [0.25, 0.3) is 0 Å². The largest absolute Gasteiger partial charge is 0.496 e. The highest BCUT2D eigenvalue weighted by Crippen LogP contribution is 2.30. The van der Waals surface area contributed by atoms with Crippen molar-refractivity contribution >= 4 is 15.9 Å². The number of hydrogen-bond acceptors (Lipinski definition) is 3. The lowest BCUT2D eigenvalue weighted by molar-refractivity contribution is 0.412. The minimum atomic E-state index is 0.608. The predicted molar refractivity (Wildman–Crippen MR) is 75.7 cm³/mol. The van der Waals surface area contributed by atoms with Gasteiger partial charge in [0.2, 0.25) is 0 Å². The summed E-state index contributed by atoms with van der Waals surface area (Å²) in [5, 5.41) is 0. The SMILES string of the molecule is COc1ccc(-c2cnc(CCN)n2C)cc1Br. The summed E-state index contributed by atoms with van der Waals surface area (Å²) in [5.74, 6) is 1.82. The lowest BCUT2D eigenvalue weighted by Gasteiger charge is -2.08. The molecule has 0 saturated heterocycles. The normalized spacial score (nSPS) is 10.7. The Morgan fingerprint density at radius 2 is 2.22 bits per heavy atom. The maximum atomic E-state index is 5.56. The van der Waals surface area contributed by atoms with Gasteiger partial charge in [-0.05, 0) is 40.7 Å². The number of imidazole rings is 1. The van der Waals surface area contributed by atoms with E-state index in [4.69, 9.17) is 10.5 Å². The Morgan fingerprint density at radius 3 is 2.83 bits per heavy atom. The molecular weight excluding hydrogens is 294 g/mol. The van der Waals surface area contributed by atoms with Crippen LogP contribution < -0.4 is 10.5 Å². The number of benzene rings is 1. The number of rotatable bonds is 4. The fourth-order valence-electron chi connectivity index (χ4n) is 1.90. The summed E-state index contributed by atoms with van der Waals surface area (Å²) in [6, 6.07) is 5.99. The second kappa shape index (κ2) is 5.54. The Bertz CT molecular complexity index is 551. The molecule has 0 aliphatic heterocycles. The molecule has 0 unspecified atom stereocenters. The van der Waals surface area contributed by atoms with Gasteiger partial charge in [-0.15, -0.1) is 0 Å². The highest BCUT2D eigenvalue weighted by Gasteiger charge is 2.09. The van der Waals surface area contributed by atoms with E-state index < -0.39 is 0 Å². The average molecular weight is 310 g/mol. The maximum Gasteiger partial charge on any atom is 0.133 e. The van der Waals surface area contributed by atoms with E-state index in [1.807, 2.05) is 31.4 Å². The third-order valence-corrected chi connectivity index (χ3v) is 3.52. The van der Waals surface area contributed by atoms with Crippen LogP contribution in [0.1, 0.15) is 5.82 Å². The molecule has 0 spiro atoms. The molecule has 0 fully saturated rings. The van der Waals surface area contributed by atoms with Crippen LogP contribution in [-0.2, 0) is 13.5 Å². The first-order valence-electron chi connectivity index (χ1n) is 5.72. The number of nitrogens with two attached hydrogens (primary N) is 1. The Labute approximate surface area is 115 Å². The molecule has 0 saturated carbocycles. The predicted octanol–water partition coefficient (Wildman–Crippen LogP) is 2.36. The Balaban J connectivity index is 2.39. The number of methoxy groups -OCH3 is 1. The van der Waals surface area contributed by atoms with Gasteiger partial charge in [0.05, 0.1) is 23.5 Å². The first-order valence-corrected chi connectivity index (χ1v) is 6.51. The minimum absolute atomic E-state index is 0.608. The van der Waals surface area contributed by atoms with E-state index in [1.165, 1.54) is 0 Å². The molecule has 0 aliphatic carbocycles. The van der Waals surface area contributed by atoms with Crippen molar-refractivity contribution in [1.29, 1.82) is 0 Å². The fraction of sp³-hybridized carbons (Fsp3) is 0.308. The minimum Gasteiger partial charge on any atom is -0.496 e. The summed E-state index contributed by atoms with van der Waals surface area (Å²) >= 11 is 3.49. The fourth-order valence-corrected chi connectivity index (χ4v) is 2.44. The van der Waals surface area contributed by atoms with E-state index in [9.17, 15) is 0 Å². The molecule has 2 rings (SSSR count). The highest BCUT2D eigenvalue weighted by atomic mass is 79.9. The molecule has 2 aromatic rings. The lowest BCUT2D eigenvalue weighted by Crippen LogP contribution is -2.08. The van der Waals surface area contributed by atoms with Crippen LogP contribution in [0.3, 0.4) is 0 Å². The van der Waals surface area contributed by atoms with Crippen molar-refractivity contribution in [3.8, 4) is 17.0 Å². The average Bonchev–Trinajstić information content (AvgIpc) is 2.72. The zero-order valence-corrected chi connectivity index (χ0v) is 12.1. The van der Waals surface area contributed by atoms with E-state index in [1.54, 1.807) is 7.11 Å². The number of halogens is 1. The first kappa shape index (κ1) is 13.1. The van der Waals surface area contributed by atoms with Gasteiger partial charge < -0.3 is 15.0 Å². The van der Waals surface area contributed by atoms with Gasteiger partial charge in [-0.2, -0.15) is 0 Å². The molecule has 0 atom stereocenters. The van der Waals surface area contributed by atoms with E-state index >= 15 is 0 Å². The second-order valence-electron chi connectivity index (χ2n) is 4.01. The summed E-state index contributed by atoms with van der Waals surface area (Å²) in [4.78, 5) is 4.39. The molecule has 0 bridgehead atoms. The molecule has 0 amide bonds. The van der Waals surface area contributed by atoms with Gasteiger partial charge in [0.1, 0.15) is 11.6 Å². The van der Waals surface area contributed by atoms with Crippen molar-refractivity contribution in [2.75, 3.05) is 13.7 Å². The van der Waals surface area contributed by atoms with E-state index in [0.717, 1.165) is 33.7 Å². The van der Waals surface area contributed by atoms with Crippen LogP contribution in [0.5, 0.6) is 5.75 Å². The van der Waals surface area contributed by atoms with E-state index in [-0.39, 0.29) is 0 Å². The Morgan fingerprint density at radius 1 is 1.44 bits per heavy atom.